The number of nitro groups is 1. The third-order valence-corrected chi connectivity index (χ3v) is 4.25. The van der Waals surface area contributed by atoms with Crippen molar-refractivity contribution < 1.29 is 14.8 Å². The molecule has 1 aliphatic heterocycles. The SMILES string of the molecule is O=[N+]([O-])c1nccn1C[C@H](O)CN[C@H]1COCC[C@@H]1Br. The molecule has 1 aliphatic rings. The number of nitrogens with zero attached hydrogens (tertiary/aromatic N) is 3. The minimum atomic E-state index is -0.732. The Bertz CT molecular complexity index is 455. The zero-order valence-corrected chi connectivity index (χ0v) is 12.4. The van der Waals surface area contributed by atoms with Crippen molar-refractivity contribution in [3.63, 3.8) is 0 Å². The predicted octanol–water partition coefficient (Wildman–Crippen LogP) is 0.294. The van der Waals surface area contributed by atoms with Crippen molar-refractivity contribution in [3.05, 3.63) is 22.5 Å². The Hall–Kier alpha value is -1.03. The Balaban J connectivity index is 1.81. The number of rotatable bonds is 6. The molecule has 0 aliphatic carbocycles. The molecule has 0 saturated carbocycles. The van der Waals surface area contributed by atoms with Crippen molar-refractivity contribution in [1.82, 2.24) is 14.9 Å². The molecule has 3 atom stereocenters. The molecule has 1 aromatic heterocycles. The van der Waals surface area contributed by atoms with Crippen molar-refractivity contribution >= 4 is 21.9 Å². The number of aliphatic hydroxyl groups excluding tert-OH is 1. The summed E-state index contributed by atoms with van der Waals surface area (Å²) in [6, 6.07) is 0.135. The molecule has 112 valence electrons. The predicted molar refractivity (Wildman–Crippen MR) is 74.8 cm³/mol. The van der Waals surface area contributed by atoms with Crippen molar-refractivity contribution in [2.75, 3.05) is 19.8 Å². The highest BCUT2D eigenvalue weighted by atomic mass is 79.9. The van der Waals surface area contributed by atoms with E-state index in [0.717, 1.165) is 13.0 Å². The Kier molecular flexibility index (Phi) is 5.46. The van der Waals surface area contributed by atoms with E-state index in [4.69, 9.17) is 4.74 Å². The van der Waals surface area contributed by atoms with Gasteiger partial charge in [-0.05, 0) is 11.3 Å². The fraction of sp³-hybridized carbons (Fsp3) is 0.727. The topological polar surface area (TPSA) is 102 Å². The van der Waals surface area contributed by atoms with Gasteiger partial charge in [0.1, 0.15) is 12.4 Å². The van der Waals surface area contributed by atoms with Gasteiger partial charge in [0, 0.05) is 24.0 Å². The number of ether oxygens (including phenoxy) is 1. The normalized spacial score (nSPS) is 24.5. The first kappa shape index (κ1) is 15.4. The van der Waals surface area contributed by atoms with E-state index in [0.29, 0.717) is 18.0 Å². The Morgan fingerprint density at radius 3 is 3.25 bits per heavy atom. The fourth-order valence-electron chi connectivity index (χ4n) is 2.09. The number of hydrogen-bond donors (Lipinski definition) is 2. The lowest BCUT2D eigenvalue weighted by Gasteiger charge is -2.29. The Morgan fingerprint density at radius 2 is 2.55 bits per heavy atom. The second-order valence-corrected chi connectivity index (χ2v) is 5.86. The number of imidazole rings is 1. The lowest BCUT2D eigenvalue weighted by molar-refractivity contribution is -0.397. The summed E-state index contributed by atoms with van der Waals surface area (Å²) in [6.07, 6.45) is 3.02. The van der Waals surface area contributed by atoms with Crippen LogP contribution in [0.25, 0.3) is 0 Å². The Labute approximate surface area is 124 Å². The van der Waals surface area contributed by atoms with Crippen LogP contribution in [-0.2, 0) is 11.3 Å². The molecule has 2 rings (SSSR count). The average molecular weight is 349 g/mol. The van der Waals surface area contributed by atoms with Crippen molar-refractivity contribution in [3.8, 4) is 0 Å². The molecule has 1 aromatic rings. The average Bonchev–Trinajstić information content (AvgIpc) is 2.86. The number of halogens is 1. The van der Waals surface area contributed by atoms with Crippen LogP contribution in [0.3, 0.4) is 0 Å². The molecule has 0 amide bonds. The first-order valence-corrected chi connectivity index (χ1v) is 7.28. The highest BCUT2D eigenvalue weighted by molar-refractivity contribution is 9.09. The molecule has 8 nitrogen and oxygen atoms in total. The number of aromatic nitrogens is 2. The second kappa shape index (κ2) is 7.11. The van der Waals surface area contributed by atoms with Gasteiger partial charge >= 0.3 is 5.95 Å². The van der Waals surface area contributed by atoms with Crippen molar-refractivity contribution in [1.29, 1.82) is 0 Å². The van der Waals surface area contributed by atoms with E-state index in [1.807, 2.05) is 0 Å². The summed E-state index contributed by atoms with van der Waals surface area (Å²) in [5, 5.41) is 23.9. The summed E-state index contributed by atoms with van der Waals surface area (Å²) >= 11 is 3.57. The van der Waals surface area contributed by atoms with Gasteiger partial charge in [-0.15, -0.1) is 0 Å². The first-order valence-electron chi connectivity index (χ1n) is 6.36. The summed E-state index contributed by atoms with van der Waals surface area (Å²) in [6.45, 7) is 1.79. The van der Waals surface area contributed by atoms with Crippen LogP contribution in [0.2, 0.25) is 0 Å². The number of alkyl halides is 1. The smallest absolute Gasteiger partial charge is 0.390 e. The van der Waals surface area contributed by atoms with Gasteiger partial charge in [-0.3, -0.25) is 0 Å². The maximum Gasteiger partial charge on any atom is 0.434 e. The van der Waals surface area contributed by atoms with Crippen LogP contribution in [-0.4, -0.2) is 56.3 Å². The van der Waals surface area contributed by atoms with Gasteiger partial charge in [0.05, 0.1) is 19.3 Å². The van der Waals surface area contributed by atoms with E-state index in [1.165, 1.54) is 17.0 Å². The fourth-order valence-corrected chi connectivity index (χ4v) is 2.62. The summed E-state index contributed by atoms with van der Waals surface area (Å²) in [5.41, 5.74) is 0. The molecule has 0 bridgehead atoms. The van der Waals surface area contributed by atoms with Gasteiger partial charge in [0.15, 0.2) is 0 Å². The molecule has 0 unspecified atom stereocenters. The summed E-state index contributed by atoms with van der Waals surface area (Å²) in [7, 11) is 0. The van der Waals surface area contributed by atoms with Gasteiger partial charge in [0.25, 0.3) is 0 Å². The zero-order chi connectivity index (χ0) is 14.5. The van der Waals surface area contributed by atoms with Crippen LogP contribution >= 0.6 is 15.9 Å². The molecular weight excluding hydrogens is 332 g/mol. The number of nitrogens with one attached hydrogen (secondary N) is 1. The molecule has 1 fully saturated rings. The molecule has 0 aromatic carbocycles. The summed E-state index contributed by atoms with van der Waals surface area (Å²) < 4.78 is 6.69. The molecule has 0 radical (unpaired) electrons. The van der Waals surface area contributed by atoms with Crippen LogP contribution < -0.4 is 5.32 Å². The van der Waals surface area contributed by atoms with Crippen molar-refractivity contribution in [2.24, 2.45) is 0 Å². The zero-order valence-electron chi connectivity index (χ0n) is 10.8. The van der Waals surface area contributed by atoms with E-state index in [2.05, 4.69) is 26.2 Å². The van der Waals surface area contributed by atoms with Crippen LogP contribution in [0.1, 0.15) is 6.42 Å². The van der Waals surface area contributed by atoms with Crippen molar-refractivity contribution in [2.45, 2.75) is 29.9 Å². The molecule has 2 N–H and O–H groups in total. The van der Waals surface area contributed by atoms with E-state index in [-0.39, 0.29) is 18.5 Å². The van der Waals surface area contributed by atoms with Gasteiger partial charge in [-0.1, -0.05) is 20.9 Å². The Morgan fingerprint density at radius 1 is 1.75 bits per heavy atom. The van der Waals surface area contributed by atoms with E-state index < -0.39 is 11.0 Å². The molecule has 1 saturated heterocycles. The van der Waals surface area contributed by atoms with Gasteiger partial charge in [-0.2, -0.15) is 0 Å². The van der Waals surface area contributed by atoms with Crippen LogP contribution in [0.5, 0.6) is 0 Å². The maximum absolute atomic E-state index is 10.7. The summed E-state index contributed by atoms with van der Waals surface area (Å²) in [5.74, 6) is -0.261. The molecule has 0 spiro atoms. The number of aliphatic hydroxyl groups is 1. The highest BCUT2D eigenvalue weighted by Gasteiger charge is 2.24. The number of hydrogen-bond acceptors (Lipinski definition) is 6. The largest absolute Gasteiger partial charge is 0.434 e. The van der Waals surface area contributed by atoms with Gasteiger partial charge in [0.2, 0.25) is 0 Å². The van der Waals surface area contributed by atoms with E-state index >= 15 is 0 Å². The quantitative estimate of drug-likeness (QED) is 0.435. The minimum Gasteiger partial charge on any atom is -0.390 e. The van der Waals surface area contributed by atoms with Crippen LogP contribution in [0.15, 0.2) is 12.4 Å². The minimum absolute atomic E-state index is 0.129. The van der Waals surface area contributed by atoms with E-state index in [9.17, 15) is 15.2 Å². The lowest BCUT2D eigenvalue weighted by Crippen LogP contribution is -2.47. The third-order valence-electron chi connectivity index (χ3n) is 3.15. The molecule has 2 heterocycles. The third kappa shape index (κ3) is 3.98. The molecule has 20 heavy (non-hydrogen) atoms. The summed E-state index contributed by atoms with van der Waals surface area (Å²) in [4.78, 5) is 14.1. The standard InChI is InChI=1S/C11H17BrN4O4/c12-9-1-4-20-7-10(9)14-5-8(17)6-15-3-2-13-11(15)16(18)19/h2-3,8-10,14,17H,1,4-7H2/t8-,9+,10+/m1/s1. The van der Waals surface area contributed by atoms with Crippen LogP contribution in [0.4, 0.5) is 5.95 Å². The monoisotopic (exact) mass is 348 g/mol. The highest BCUT2D eigenvalue weighted by Crippen LogP contribution is 2.16. The van der Waals surface area contributed by atoms with Crippen LogP contribution in [0, 0.1) is 10.1 Å². The molecular formula is C11H17BrN4O4. The second-order valence-electron chi connectivity index (χ2n) is 4.68. The lowest BCUT2D eigenvalue weighted by atomic mass is 10.1. The van der Waals surface area contributed by atoms with E-state index in [1.54, 1.807) is 0 Å². The maximum atomic E-state index is 10.7. The van der Waals surface area contributed by atoms with Gasteiger partial charge < -0.3 is 25.3 Å². The first-order chi connectivity index (χ1) is 9.58. The molecule has 9 heteroatoms. The van der Waals surface area contributed by atoms with Gasteiger partial charge in [-0.25, -0.2) is 4.57 Å².